The number of imide groups is 1. The topological polar surface area (TPSA) is 66.5 Å². The van der Waals surface area contributed by atoms with Crippen LogP contribution >= 0.6 is 15.9 Å². The standard InChI is InChI=1S/C17H13BrN2O3/c18-12-5-7-13(8-6-12)19-15(21)10-20-16(22)9-11-3-1-2-4-14(11)17(20)23/h1-8H,9-10H2,(H,19,21). The number of hydrogen-bond acceptors (Lipinski definition) is 3. The number of amides is 3. The fourth-order valence-electron chi connectivity index (χ4n) is 2.44. The summed E-state index contributed by atoms with van der Waals surface area (Å²) in [6.45, 7) is -0.290. The van der Waals surface area contributed by atoms with E-state index in [9.17, 15) is 14.4 Å². The zero-order valence-corrected chi connectivity index (χ0v) is 13.7. The van der Waals surface area contributed by atoms with Crippen molar-refractivity contribution in [2.45, 2.75) is 6.42 Å². The third kappa shape index (κ3) is 3.32. The molecule has 1 aliphatic heterocycles. The van der Waals surface area contributed by atoms with E-state index in [1.807, 2.05) is 0 Å². The van der Waals surface area contributed by atoms with Gasteiger partial charge in [0, 0.05) is 15.7 Å². The van der Waals surface area contributed by atoms with E-state index < -0.39 is 11.8 Å². The minimum absolute atomic E-state index is 0.132. The highest BCUT2D eigenvalue weighted by Crippen LogP contribution is 2.20. The van der Waals surface area contributed by atoms with Crippen molar-refractivity contribution in [1.29, 1.82) is 0 Å². The van der Waals surface area contributed by atoms with E-state index in [1.54, 1.807) is 48.5 Å². The Labute approximate surface area is 141 Å². The van der Waals surface area contributed by atoms with Crippen molar-refractivity contribution < 1.29 is 14.4 Å². The molecule has 0 fully saturated rings. The number of anilines is 1. The van der Waals surface area contributed by atoms with Crippen LogP contribution in [-0.4, -0.2) is 29.2 Å². The molecule has 0 aromatic heterocycles. The molecule has 0 bridgehead atoms. The first-order valence-electron chi connectivity index (χ1n) is 7.02. The van der Waals surface area contributed by atoms with Crippen LogP contribution in [0.1, 0.15) is 15.9 Å². The minimum atomic E-state index is -0.428. The molecule has 2 aromatic carbocycles. The lowest BCUT2D eigenvalue weighted by Gasteiger charge is -2.26. The van der Waals surface area contributed by atoms with E-state index in [-0.39, 0.29) is 18.9 Å². The highest BCUT2D eigenvalue weighted by Gasteiger charge is 2.31. The number of halogens is 1. The molecule has 0 radical (unpaired) electrons. The molecular formula is C17H13BrN2O3. The van der Waals surface area contributed by atoms with Crippen LogP contribution in [-0.2, 0) is 16.0 Å². The van der Waals surface area contributed by atoms with Crippen LogP contribution in [0.2, 0.25) is 0 Å². The fraction of sp³-hybridized carbons (Fsp3) is 0.118. The third-order valence-electron chi connectivity index (χ3n) is 3.57. The van der Waals surface area contributed by atoms with E-state index in [2.05, 4.69) is 21.2 Å². The lowest BCUT2D eigenvalue weighted by Crippen LogP contribution is -2.46. The quantitative estimate of drug-likeness (QED) is 0.842. The Kier molecular flexibility index (Phi) is 4.25. The predicted octanol–water partition coefficient (Wildman–Crippen LogP) is 2.61. The smallest absolute Gasteiger partial charge is 0.261 e. The maximum absolute atomic E-state index is 12.4. The molecule has 2 aromatic rings. The molecule has 3 rings (SSSR count). The maximum atomic E-state index is 12.4. The SMILES string of the molecule is O=C(CN1C(=O)Cc2ccccc2C1=O)Nc1ccc(Br)cc1. The molecule has 6 heteroatoms. The van der Waals surface area contributed by atoms with Crippen LogP contribution in [0.5, 0.6) is 0 Å². The number of benzene rings is 2. The average Bonchev–Trinajstić information content (AvgIpc) is 2.54. The molecule has 0 atom stereocenters. The lowest BCUT2D eigenvalue weighted by atomic mass is 9.98. The predicted molar refractivity (Wildman–Crippen MR) is 89.0 cm³/mol. The van der Waals surface area contributed by atoms with Crippen molar-refractivity contribution in [3.63, 3.8) is 0 Å². The lowest BCUT2D eigenvalue weighted by molar-refractivity contribution is -0.131. The van der Waals surface area contributed by atoms with E-state index in [4.69, 9.17) is 0 Å². The van der Waals surface area contributed by atoms with Gasteiger partial charge >= 0.3 is 0 Å². The van der Waals surface area contributed by atoms with Crippen molar-refractivity contribution >= 4 is 39.3 Å². The Morgan fingerprint density at radius 3 is 2.52 bits per heavy atom. The highest BCUT2D eigenvalue weighted by molar-refractivity contribution is 9.10. The van der Waals surface area contributed by atoms with Crippen molar-refractivity contribution in [2.24, 2.45) is 0 Å². The van der Waals surface area contributed by atoms with Gasteiger partial charge < -0.3 is 5.32 Å². The molecule has 3 amide bonds. The minimum Gasteiger partial charge on any atom is -0.325 e. The van der Waals surface area contributed by atoms with Crippen molar-refractivity contribution in [3.8, 4) is 0 Å². The molecular weight excluding hydrogens is 360 g/mol. The maximum Gasteiger partial charge on any atom is 0.261 e. The Hall–Kier alpha value is -2.47. The zero-order chi connectivity index (χ0) is 16.4. The first-order chi connectivity index (χ1) is 11.0. The van der Waals surface area contributed by atoms with Gasteiger partial charge in [0.2, 0.25) is 11.8 Å². The van der Waals surface area contributed by atoms with E-state index in [1.165, 1.54) is 0 Å². The van der Waals surface area contributed by atoms with Crippen LogP contribution in [0.15, 0.2) is 53.0 Å². The van der Waals surface area contributed by atoms with Gasteiger partial charge in [-0.3, -0.25) is 19.3 Å². The number of hydrogen-bond donors (Lipinski definition) is 1. The number of carbonyl (C=O) groups is 3. The second kappa shape index (κ2) is 6.34. The molecule has 0 unspecified atom stereocenters. The van der Waals surface area contributed by atoms with E-state index in [0.717, 1.165) is 9.37 Å². The van der Waals surface area contributed by atoms with Crippen molar-refractivity contribution in [3.05, 3.63) is 64.1 Å². The molecule has 5 nitrogen and oxygen atoms in total. The number of fused-ring (bicyclic) bond motifs is 1. The van der Waals surface area contributed by atoms with Crippen molar-refractivity contribution in [1.82, 2.24) is 4.90 Å². The first kappa shape index (κ1) is 15.4. The van der Waals surface area contributed by atoms with Gasteiger partial charge in [-0.2, -0.15) is 0 Å². The van der Waals surface area contributed by atoms with Crippen LogP contribution in [0.4, 0.5) is 5.69 Å². The van der Waals surface area contributed by atoms with Gasteiger partial charge in [0.15, 0.2) is 0 Å². The molecule has 0 saturated carbocycles. The largest absolute Gasteiger partial charge is 0.325 e. The summed E-state index contributed by atoms with van der Waals surface area (Å²) in [5.74, 6) is -1.20. The molecule has 0 saturated heterocycles. The summed E-state index contributed by atoms with van der Waals surface area (Å²) in [5, 5.41) is 2.68. The summed E-state index contributed by atoms with van der Waals surface area (Å²) >= 11 is 3.31. The number of rotatable bonds is 3. The number of carbonyl (C=O) groups excluding carboxylic acids is 3. The normalized spacial score (nSPS) is 13.7. The van der Waals surface area contributed by atoms with Gasteiger partial charge in [-0.1, -0.05) is 34.1 Å². The molecule has 1 aliphatic rings. The van der Waals surface area contributed by atoms with E-state index >= 15 is 0 Å². The Bertz CT molecular complexity index is 787. The van der Waals surface area contributed by atoms with Crippen LogP contribution in [0, 0.1) is 0 Å². The monoisotopic (exact) mass is 372 g/mol. The van der Waals surface area contributed by atoms with Crippen LogP contribution in [0.3, 0.4) is 0 Å². The zero-order valence-electron chi connectivity index (χ0n) is 12.1. The summed E-state index contributed by atoms with van der Waals surface area (Å²) in [6, 6.07) is 14.0. The summed E-state index contributed by atoms with van der Waals surface area (Å²) < 4.78 is 0.897. The van der Waals surface area contributed by atoms with Crippen molar-refractivity contribution in [2.75, 3.05) is 11.9 Å². The van der Waals surface area contributed by atoms with Crippen LogP contribution in [0.25, 0.3) is 0 Å². The summed E-state index contributed by atoms with van der Waals surface area (Å²) in [4.78, 5) is 37.6. The van der Waals surface area contributed by atoms with Gasteiger partial charge in [-0.05, 0) is 35.9 Å². The first-order valence-corrected chi connectivity index (χ1v) is 7.82. The van der Waals surface area contributed by atoms with Gasteiger partial charge in [0.05, 0.1) is 6.42 Å². The molecule has 1 N–H and O–H groups in total. The third-order valence-corrected chi connectivity index (χ3v) is 4.09. The Morgan fingerprint density at radius 2 is 1.78 bits per heavy atom. The fourth-order valence-corrected chi connectivity index (χ4v) is 2.70. The molecule has 116 valence electrons. The molecule has 0 spiro atoms. The van der Waals surface area contributed by atoms with Gasteiger partial charge in [-0.25, -0.2) is 0 Å². The summed E-state index contributed by atoms with van der Waals surface area (Å²) in [7, 11) is 0. The Balaban J connectivity index is 1.72. The van der Waals surface area contributed by atoms with Gasteiger partial charge in [0.1, 0.15) is 6.54 Å². The van der Waals surface area contributed by atoms with Gasteiger partial charge in [-0.15, -0.1) is 0 Å². The second-order valence-corrected chi connectivity index (χ2v) is 6.09. The Morgan fingerprint density at radius 1 is 1.09 bits per heavy atom. The average molecular weight is 373 g/mol. The van der Waals surface area contributed by atoms with E-state index in [0.29, 0.717) is 16.8 Å². The second-order valence-electron chi connectivity index (χ2n) is 5.17. The summed E-state index contributed by atoms with van der Waals surface area (Å²) in [5.41, 5.74) is 1.78. The number of nitrogens with one attached hydrogen (secondary N) is 1. The van der Waals surface area contributed by atoms with Crippen LogP contribution < -0.4 is 5.32 Å². The molecule has 23 heavy (non-hydrogen) atoms. The highest BCUT2D eigenvalue weighted by atomic mass is 79.9. The van der Waals surface area contributed by atoms with Gasteiger partial charge in [0.25, 0.3) is 5.91 Å². The molecule has 1 heterocycles. The molecule has 0 aliphatic carbocycles. The number of nitrogens with zero attached hydrogens (tertiary/aromatic N) is 1. The summed E-state index contributed by atoms with van der Waals surface area (Å²) in [6.07, 6.45) is 0.132.